The standard InChI is InChI=1S/C7H15N2/c1-9-7-5-3-2-4-6-8-9/h8H,1-7H2. The molecule has 1 heterocycles. The topological polar surface area (TPSA) is 15.3 Å². The molecule has 0 atom stereocenters. The smallest absolute Gasteiger partial charge is 0.0272 e. The van der Waals surface area contributed by atoms with Gasteiger partial charge < -0.3 is 0 Å². The van der Waals surface area contributed by atoms with E-state index in [9.17, 15) is 0 Å². The Morgan fingerprint density at radius 1 is 1.11 bits per heavy atom. The van der Waals surface area contributed by atoms with Crippen molar-refractivity contribution < 1.29 is 0 Å². The Labute approximate surface area is 57.2 Å². The molecule has 0 aromatic rings. The SMILES string of the molecule is [CH2]N1CCCCCCN1. The predicted molar refractivity (Wildman–Crippen MR) is 38.5 cm³/mol. The van der Waals surface area contributed by atoms with Gasteiger partial charge in [0.15, 0.2) is 0 Å². The molecule has 1 N–H and O–H groups in total. The number of hydrogen-bond donors (Lipinski definition) is 1. The molecule has 0 aromatic heterocycles. The Bertz CT molecular complexity index is 65.3. The van der Waals surface area contributed by atoms with Crippen molar-refractivity contribution in [3.63, 3.8) is 0 Å². The van der Waals surface area contributed by atoms with Gasteiger partial charge in [-0.2, -0.15) is 0 Å². The molecule has 1 rings (SSSR count). The zero-order valence-corrected chi connectivity index (χ0v) is 5.90. The highest BCUT2D eigenvalue weighted by Gasteiger charge is 2.00. The normalized spacial score (nSPS) is 25.0. The van der Waals surface area contributed by atoms with Crippen molar-refractivity contribution in [2.75, 3.05) is 13.1 Å². The number of nitrogens with zero attached hydrogens (tertiary/aromatic N) is 1. The molecular formula is C7H15N2. The van der Waals surface area contributed by atoms with Crippen LogP contribution in [0.15, 0.2) is 0 Å². The molecule has 0 spiro atoms. The highest BCUT2D eigenvalue weighted by molar-refractivity contribution is 4.55. The highest BCUT2D eigenvalue weighted by atomic mass is 15.5. The minimum atomic E-state index is 1.10. The number of hydrazine groups is 1. The summed E-state index contributed by atoms with van der Waals surface area (Å²) in [5, 5.41) is 1.94. The van der Waals surface area contributed by atoms with E-state index in [0.29, 0.717) is 0 Å². The third-order valence-electron chi connectivity index (χ3n) is 1.69. The molecule has 0 bridgehead atoms. The molecule has 1 saturated heterocycles. The maximum atomic E-state index is 3.82. The van der Waals surface area contributed by atoms with E-state index in [-0.39, 0.29) is 0 Å². The molecule has 0 amide bonds. The summed E-state index contributed by atoms with van der Waals surface area (Å²) >= 11 is 0. The molecule has 0 saturated carbocycles. The van der Waals surface area contributed by atoms with Crippen LogP contribution in [0.5, 0.6) is 0 Å². The van der Waals surface area contributed by atoms with Gasteiger partial charge in [0, 0.05) is 20.1 Å². The van der Waals surface area contributed by atoms with Gasteiger partial charge in [0.25, 0.3) is 0 Å². The Balaban J connectivity index is 2.12. The van der Waals surface area contributed by atoms with Crippen molar-refractivity contribution in [2.24, 2.45) is 0 Å². The van der Waals surface area contributed by atoms with E-state index in [1.165, 1.54) is 25.7 Å². The van der Waals surface area contributed by atoms with Crippen molar-refractivity contribution in [1.82, 2.24) is 10.4 Å². The minimum Gasteiger partial charge on any atom is -0.255 e. The molecule has 1 aliphatic heterocycles. The van der Waals surface area contributed by atoms with E-state index in [0.717, 1.165) is 13.1 Å². The third-order valence-corrected chi connectivity index (χ3v) is 1.69. The van der Waals surface area contributed by atoms with E-state index >= 15 is 0 Å². The van der Waals surface area contributed by atoms with Crippen molar-refractivity contribution in [1.29, 1.82) is 0 Å². The molecule has 0 unspecified atom stereocenters. The molecule has 1 aliphatic rings. The summed E-state index contributed by atoms with van der Waals surface area (Å²) in [4.78, 5) is 0. The molecule has 2 nitrogen and oxygen atoms in total. The average Bonchev–Trinajstić information content (AvgIpc) is 1.79. The average molecular weight is 127 g/mol. The summed E-state index contributed by atoms with van der Waals surface area (Å²) in [6, 6.07) is 0. The molecule has 2 heteroatoms. The monoisotopic (exact) mass is 127 g/mol. The Kier molecular flexibility index (Phi) is 3.01. The van der Waals surface area contributed by atoms with Gasteiger partial charge in [0.05, 0.1) is 0 Å². The number of nitrogens with one attached hydrogen (secondary N) is 1. The van der Waals surface area contributed by atoms with E-state index in [4.69, 9.17) is 0 Å². The second-order valence-electron chi connectivity index (χ2n) is 2.59. The fourth-order valence-electron chi connectivity index (χ4n) is 1.10. The van der Waals surface area contributed by atoms with Crippen molar-refractivity contribution >= 4 is 0 Å². The Hall–Kier alpha value is -0.0800. The second kappa shape index (κ2) is 3.85. The molecule has 1 radical (unpaired) electrons. The molecule has 53 valence electrons. The van der Waals surface area contributed by atoms with Crippen LogP contribution < -0.4 is 5.43 Å². The Morgan fingerprint density at radius 2 is 1.89 bits per heavy atom. The van der Waals surface area contributed by atoms with Gasteiger partial charge in [-0.1, -0.05) is 12.8 Å². The van der Waals surface area contributed by atoms with Gasteiger partial charge >= 0.3 is 0 Å². The first-order chi connectivity index (χ1) is 4.39. The van der Waals surface area contributed by atoms with Crippen LogP contribution in [-0.2, 0) is 0 Å². The van der Waals surface area contributed by atoms with Crippen LogP contribution in [0.4, 0.5) is 0 Å². The summed E-state index contributed by atoms with van der Waals surface area (Å²) in [5.41, 5.74) is 3.21. The quantitative estimate of drug-likeness (QED) is 0.525. The van der Waals surface area contributed by atoms with Crippen LogP contribution in [0, 0.1) is 7.05 Å². The molecule has 1 fully saturated rings. The lowest BCUT2D eigenvalue weighted by molar-refractivity contribution is 0.242. The first-order valence-corrected chi connectivity index (χ1v) is 3.71. The summed E-state index contributed by atoms with van der Waals surface area (Å²) in [6.45, 7) is 2.20. The van der Waals surface area contributed by atoms with Crippen molar-refractivity contribution in [2.45, 2.75) is 25.7 Å². The van der Waals surface area contributed by atoms with E-state index in [1.807, 2.05) is 5.01 Å². The fourth-order valence-corrected chi connectivity index (χ4v) is 1.10. The van der Waals surface area contributed by atoms with E-state index < -0.39 is 0 Å². The minimum absolute atomic E-state index is 1.10. The zero-order chi connectivity index (χ0) is 6.53. The van der Waals surface area contributed by atoms with Gasteiger partial charge in [-0.05, 0) is 12.8 Å². The highest BCUT2D eigenvalue weighted by Crippen LogP contribution is 2.02. The van der Waals surface area contributed by atoms with Crippen molar-refractivity contribution in [3.8, 4) is 0 Å². The fraction of sp³-hybridized carbons (Fsp3) is 0.857. The first-order valence-electron chi connectivity index (χ1n) is 3.71. The van der Waals surface area contributed by atoms with E-state index in [1.54, 1.807) is 0 Å². The summed E-state index contributed by atoms with van der Waals surface area (Å²) in [6.07, 6.45) is 5.33. The van der Waals surface area contributed by atoms with Crippen LogP contribution in [-0.4, -0.2) is 18.1 Å². The molecule has 0 aromatic carbocycles. The van der Waals surface area contributed by atoms with Crippen LogP contribution in [0.3, 0.4) is 0 Å². The van der Waals surface area contributed by atoms with Crippen LogP contribution in [0.1, 0.15) is 25.7 Å². The maximum absolute atomic E-state index is 3.82. The third kappa shape index (κ3) is 2.82. The summed E-state index contributed by atoms with van der Waals surface area (Å²) < 4.78 is 0. The second-order valence-corrected chi connectivity index (χ2v) is 2.59. The largest absolute Gasteiger partial charge is 0.255 e. The lowest BCUT2D eigenvalue weighted by atomic mass is 10.2. The predicted octanol–water partition coefficient (Wildman–Crippen LogP) is 1.16. The first kappa shape index (κ1) is 7.03. The molecular weight excluding hydrogens is 112 g/mol. The maximum Gasteiger partial charge on any atom is 0.0272 e. The van der Waals surface area contributed by atoms with Crippen molar-refractivity contribution in [3.05, 3.63) is 7.05 Å². The summed E-state index contributed by atoms with van der Waals surface area (Å²) in [5.74, 6) is 0. The summed E-state index contributed by atoms with van der Waals surface area (Å²) in [7, 11) is 3.82. The van der Waals surface area contributed by atoms with Crippen LogP contribution in [0.2, 0.25) is 0 Å². The van der Waals surface area contributed by atoms with Gasteiger partial charge in [-0.25, -0.2) is 5.01 Å². The van der Waals surface area contributed by atoms with Gasteiger partial charge in [-0.3, -0.25) is 5.43 Å². The number of hydrogen-bond acceptors (Lipinski definition) is 2. The van der Waals surface area contributed by atoms with E-state index in [2.05, 4.69) is 12.5 Å². The van der Waals surface area contributed by atoms with Gasteiger partial charge in [0.2, 0.25) is 0 Å². The molecule has 0 aliphatic carbocycles. The van der Waals surface area contributed by atoms with Crippen LogP contribution in [0.25, 0.3) is 0 Å². The molecule has 9 heavy (non-hydrogen) atoms. The number of rotatable bonds is 0. The Morgan fingerprint density at radius 3 is 2.78 bits per heavy atom. The van der Waals surface area contributed by atoms with Crippen LogP contribution >= 0.6 is 0 Å². The lowest BCUT2D eigenvalue weighted by Crippen LogP contribution is -2.35. The zero-order valence-electron chi connectivity index (χ0n) is 5.90. The van der Waals surface area contributed by atoms with Gasteiger partial charge in [-0.15, -0.1) is 0 Å². The lowest BCUT2D eigenvalue weighted by Gasteiger charge is -2.20. The van der Waals surface area contributed by atoms with Gasteiger partial charge in [0.1, 0.15) is 0 Å².